The van der Waals surface area contributed by atoms with Crippen LogP contribution in [0, 0.1) is 12.3 Å². The first-order valence-corrected chi connectivity index (χ1v) is 7.52. The zero-order valence-corrected chi connectivity index (χ0v) is 11.2. The smallest absolute Gasteiger partial charge is 0.237 e. The molecule has 0 aromatic heterocycles. The molecule has 0 aromatic carbocycles. The summed E-state index contributed by atoms with van der Waals surface area (Å²) in [5, 5.41) is 6.29. The number of nitrogens with one attached hydrogen (secondary N) is 2. The molecule has 0 radical (unpaired) electrons. The van der Waals surface area contributed by atoms with Gasteiger partial charge in [-0.05, 0) is 19.4 Å². The maximum Gasteiger partial charge on any atom is 0.237 e. The summed E-state index contributed by atoms with van der Waals surface area (Å²) < 4.78 is 0. The highest BCUT2D eigenvalue weighted by Gasteiger charge is 2.17. The van der Waals surface area contributed by atoms with Crippen LogP contribution < -0.4 is 10.6 Å². The molecule has 0 aromatic rings. The molecular formula is C13H22N2OS. The Morgan fingerprint density at radius 2 is 2.24 bits per heavy atom. The van der Waals surface area contributed by atoms with Crippen LogP contribution in [0.3, 0.4) is 0 Å². The Morgan fingerprint density at radius 1 is 1.41 bits per heavy atom. The summed E-state index contributed by atoms with van der Waals surface area (Å²) >= 11 is 1.68. The van der Waals surface area contributed by atoms with Gasteiger partial charge >= 0.3 is 0 Å². The van der Waals surface area contributed by atoms with E-state index in [2.05, 4.69) is 16.6 Å². The van der Waals surface area contributed by atoms with E-state index < -0.39 is 0 Å². The van der Waals surface area contributed by atoms with E-state index in [1.54, 1.807) is 11.8 Å². The molecule has 1 heterocycles. The molecule has 1 aliphatic heterocycles. The van der Waals surface area contributed by atoms with Crippen LogP contribution in [-0.4, -0.2) is 36.5 Å². The molecule has 3 nitrogen and oxygen atoms in total. The molecule has 0 saturated carbocycles. The standard InChI is InChI=1S/C13H22N2OS/c1-2-10-17-11-9-15-13(16)12-7-5-3-4-6-8-14-12/h1,12,14H,3-11H2,(H,15,16). The van der Waals surface area contributed by atoms with Crippen LogP contribution in [0.4, 0.5) is 0 Å². The third-order valence-electron chi connectivity index (χ3n) is 2.86. The molecule has 1 saturated heterocycles. The number of amides is 1. The molecule has 1 fully saturated rings. The van der Waals surface area contributed by atoms with Crippen molar-refractivity contribution in [1.29, 1.82) is 0 Å². The average Bonchev–Trinajstić information content (AvgIpc) is 2.28. The lowest BCUT2D eigenvalue weighted by Crippen LogP contribution is -2.45. The topological polar surface area (TPSA) is 41.1 Å². The van der Waals surface area contributed by atoms with Crippen molar-refractivity contribution in [2.45, 2.75) is 38.1 Å². The third kappa shape index (κ3) is 6.60. The lowest BCUT2D eigenvalue weighted by molar-refractivity contribution is -0.123. The molecule has 1 amide bonds. The van der Waals surface area contributed by atoms with E-state index in [-0.39, 0.29) is 11.9 Å². The summed E-state index contributed by atoms with van der Waals surface area (Å²) in [5.74, 6) is 4.33. The van der Waals surface area contributed by atoms with Crippen LogP contribution >= 0.6 is 11.8 Å². The monoisotopic (exact) mass is 254 g/mol. The van der Waals surface area contributed by atoms with Crippen molar-refractivity contribution in [3.63, 3.8) is 0 Å². The first-order chi connectivity index (χ1) is 8.34. The lowest BCUT2D eigenvalue weighted by Gasteiger charge is -2.20. The van der Waals surface area contributed by atoms with Crippen molar-refractivity contribution in [2.75, 3.05) is 24.6 Å². The number of carbonyl (C=O) groups is 1. The minimum Gasteiger partial charge on any atom is -0.354 e. The summed E-state index contributed by atoms with van der Waals surface area (Å²) in [7, 11) is 0. The first kappa shape index (κ1) is 14.4. The summed E-state index contributed by atoms with van der Waals surface area (Å²) in [6.45, 7) is 1.67. The van der Waals surface area contributed by atoms with Gasteiger partial charge < -0.3 is 10.6 Å². The Kier molecular flexibility index (Phi) is 7.94. The molecular weight excluding hydrogens is 232 g/mol. The molecule has 0 bridgehead atoms. The van der Waals surface area contributed by atoms with Gasteiger partial charge in [0.2, 0.25) is 5.91 Å². The van der Waals surface area contributed by atoms with Gasteiger partial charge in [-0.3, -0.25) is 4.79 Å². The molecule has 17 heavy (non-hydrogen) atoms. The zero-order valence-electron chi connectivity index (χ0n) is 10.3. The zero-order chi connectivity index (χ0) is 12.3. The molecule has 2 N–H and O–H groups in total. The quantitative estimate of drug-likeness (QED) is 0.575. The SMILES string of the molecule is C#CCSCCNC(=O)C1CCCCCCN1. The van der Waals surface area contributed by atoms with Gasteiger partial charge in [0.1, 0.15) is 0 Å². The fourth-order valence-electron chi connectivity index (χ4n) is 1.93. The second-order valence-electron chi connectivity index (χ2n) is 4.26. The summed E-state index contributed by atoms with van der Waals surface area (Å²) in [5.41, 5.74) is 0. The van der Waals surface area contributed by atoms with Crippen LogP contribution in [0.1, 0.15) is 32.1 Å². The van der Waals surface area contributed by atoms with Gasteiger partial charge in [0, 0.05) is 12.3 Å². The van der Waals surface area contributed by atoms with Crippen LogP contribution in [0.2, 0.25) is 0 Å². The maximum absolute atomic E-state index is 11.9. The number of hydrogen-bond donors (Lipinski definition) is 2. The van der Waals surface area contributed by atoms with Crippen LogP contribution in [0.15, 0.2) is 0 Å². The Labute approximate surface area is 108 Å². The van der Waals surface area contributed by atoms with Gasteiger partial charge in [-0.1, -0.05) is 25.2 Å². The Balaban J connectivity index is 2.14. The molecule has 1 atom stereocenters. The van der Waals surface area contributed by atoms with Crippen molar-refractivity contribution >= 4 is 17.7 Å². The number of hydrogen-bond acceptors (Lipinski definition) is 3. The van der Waals surface area contributed by atoms with Crippen LogP contribution in [0.5, 0.6) is 0 Å². The van der Waals surface area contributed by atoms with Gasteiger partial charge in [-0.2, -0.15) is 0 Å². The van der Waals surface area contributed by atoms with Crippen molar-refractivity contribution in [1.82, 2.24) is 10.6 Å². The second-order valence-corrected chi connectivity index (χ2v) is 5.36. The largest absolute Gasteiger partial charge is 0.354 e. The van der Waals surface area contributed by atoms with Gasteiger partial charge in [-0.25, -0.2) is 0 Å². The van der Waals surface area contributed by atoms with Gasteiger partial charge in [0.15, 0.2) is 0 Å². The summed E-state index contributed by atoms with van der Waals surface area (Å²) in [6, 6.07) is 0.00735. The predicted octanol–water partition coefficient (Wildman–Crippen LogP) is 1.39. The second kappa shape index (κ2) is 9.38. The van der Waals surface area contributed by atoms with Crippen LogP contribution in [-0.2, 0) is 4.79 Å². The Morgan fingerprint density at radius 3 is 3.06 bits per heavy atom. The average molecular weight is 254 g/mol. The maximum atomic E-state index is 11.9. The minimum atomic E-state index is 0.00735. The van der Waals surface area contributed by atoms with Crippen molar-refractivity contribution in [3.05, 3.63) is 0 Å². The fraction of sp³-hybridized carbons (Fsp3) is 0.769. The number of thioether (sulfide) groups is 1. The van der Waals surface area contributed by atoms with Gasteiger partial charge in [0.05, 0.1) is 11.8 Å². The predicted molar refractivity (Wildman–Crippen MR) is 74.0 cm³/mol. The lowest BCUT2D eigenvalue weighted by atomic mass is 10.0. The number of rotatable bonds is 5. The highest BCUT2D eigenvalue weighted by molar-refractivity contribution is 7.99. The highest BCUT2D eigenvalue weighted by atomic mass is 32.2. The Bertz CT molecular complexity index is 255. The van der Waals surface area contributed by atoms with E-state index in [1.807, 2.05) is 0 Å². The molecule has 1 aliphatic rings. The number of carbonyl (C=O) groups excluding carboxylic acids is 1. The van der Waals surface area contributed by atoms with E-state index in [0.717, 1.165) is 30.9 Å². The molecule has 96 valence electrons. The molecule has 4 heteroatoms. The Hall–Kier alpha value is -0.660. The normalized spacial score (nSPS) is 21.0. The number of terminal acetylenes is 1. The fourth-order valence-corrected chi connectivity index (χ4v) is 2.44. The molecule has 1 rings (SSSR count). The minimum absolute atomic E-state index is 0.00735. The van der Waals surface area contributed by atoms with E-state index in [4.69, 9.17) is 6.42 Å². The van der Waals surface area contributed by atoms with E-state index in [1.165, 1.54) is 19.3 Å². The summed E-state index contributed by atoms with van der Waals surface area (Å²) in [6.07, 6.45) is 11.0. The molecule has 0 spiro atoms. The van der Waals surface area contributed by atoms with Crippen LogP contribution in [0.25, 0.3) is 0 Å². The van der Waals surface area contributed by atoms with E-state index in [0.29, 0.717) is 6.54 Å². The van der Waals surface area contributed by atoms with Gasteiger partial charge in [0.25, 0.3) is 0 Å². The van der Waals surface area contributed by atoms with Crippen molar-refractivity contribution in [2.24, 2.45) is 0 Å². The highest BCUT2D eigenvalue weighted by Crippen LogP contribution is 2.09. The third-order valence-corrected chi connectivity index (χ3v) is 3.72. The van der Waals surface area contributed by atoms with Crippen molar-refractivity contribution < 1.29 is 4.79 Å². The first-order valence-electron chi connectivity index (χ1n) is 6.37. The van der Waals surface area contributed by atoms with Gasteiger partial charge in [-0.15, -0.1) is 18.2 Å². The molecule has 1 unspecified atom stereocenters. The molecule has 0 aliphatic carbocycles. The van der Waals surface area contributed by atoms with E-state index in [9.17, 15) is 4.79 Å². The summed E-state index contributed by atoms with van der Waals surface area (Å²) in [4.78, 5) is 11.9. The van der Waals surface area contributed by atoms with E-state index >= 15 is 0 Å². The van der Waals surface area contributed by atoms with Crippen molar-refractivity contribution in [3.8, 4) is 12.3 Å².